The molecule has 0 bridgehead atoms. The van der Waals surface area contributed by atoms with Crippen molar-refractivity contribution in [1.82, 2.24) is 14.8 Å². The molecule has 0 radical (unpaired) electrons. The first-order chi connectivity index (χ1) is 13.5. The standard InChI is InChI=1S/C23H35N3O2/c1-4-18-5-7-19(8-6-18)9-10-20-11-12-23(2,3)22(28-14-13-27)21(20)15-26-17-24-16-25-26/h5-8,16-17,20-22,27H,4,9-15H2,1-3H3/t20-,21+,22?/m1/s1. The van der Waals surface area contributed by atoms with Crippen LogP contribution in [-0.4, -0.2) is 39.2 Å². The van der Waals surface area contributed by atoms with Crippen molar-refractivity contribution in [1.29, 1.82) is 0 Å². The van der Waals surface area contributed by atoms with Crippen LogP contribution in [0.4, 0.5) is 0 Å². The summed E-state index contributed by atoms with van der Waals surface area (Å²) in [6.45, 7) is 8.06. The maximum Gasteiger partial charge on any atom is 0.137 e. The monoisotopic (exact) mass is 385 g/mol. The molecule has 1 aliphatic rings. The highest BCUT2D eigenvalue weighted by Gasteiger charge is 2.44. The molecule has 1 fully saturated rings. The maximum absolute atomic E-state index is 9.32. The number of ether oxygens (including phenoxy) is 1. The van der Waals surface area contributed by atoms with Crippen LogP contribution in [-0.2, 0) is 24.1 Å². The molecule has 1 saturated carbocycles. The van der Waals surface area contributed by atoms with Crippen molar-refractivity contribution in [3.63, 3.8) is 0 Å². The average Bonchev–Trinajstić information content (AvgIpc) is 3.20. The van der Waals surface area contributed by atoms with Gasteiger partial charge in [-0.2, -0.15) is 5.10 Å². The number of hydrogen-bond acceptors (Lipinski definition) is 4. The largest absolute Gasteiger partial charge is 0.394 e. The second-order valence-corrected chi connectivity index (χ2v) is 8.79. The normalized spacial score (nSPS) is 24.4. The van der Waals surface area contributed by atoms with Gasteiger partial charge in [0.15, 0.2) is 0 Å². The second-order valence-electron chi connectivity index (χ2n) is 8.79. The predicted octanol–water partition coefficient (Wildman–Crippen LogP) is 3.90. The Morgan fingerprint density at radius 1 is 1.21 bits per heavy atom. The minimum atomic E-state index is 0.0665. The van der Waals surface area contributed by atoms with E-state index in [1.807, 2.05) is 4.68 Å². The van der Waals surface area contributed by atoms with Crippen molar-refractivity contribution in [2.24, 2.45) is 17.3 Å². The van der Waals surface area contributed by atoms with E-state index in [1.54, 1.807) is 12.7 Å². The van der Waals surface area contributed by atoms with E-state index in [9.17, 15) is 5.11 Å². The fourth-order valence-corrected chi connectivity index (χ4v) is 4.71. The molecule has 1 N–H and O–H groups in total. The highest BCUT2D eigenvalue weighted by atomic mass is 16.5. The number of hydrogen-bond donors (Lipinski definition) is 1. The first-order valence-corrected chi connectivity index (χ1v) is 10.7. The van der Waals surface area contributed by atoms with Crippen LogP contribution in [0.25, 0.3) is 0 Å². The third kappa shape index (κ3) is 5.21. The minimum Gasteiger partial charge on any atom is -0.394 e. The van der Waals surface area contributed by atoms with Gasteiger partial charge in [0, 0.05) is 12.5 Å². The predicted molar refractivity (Wildman–Crippen MR) is 111 cm³/mol. The van der Waals surface area contributed by atoms with E-state index < -0.39 is 0 Å². The molecular formula is C23H35N3O2. The molecule has 154 valence electrons. The Morgan fingerprint density at radius 3 is 2.61 bits per heavy atom. The SMILES string of the molecule is CCc1ccc(CC[C@@H]2CCC(C)(C)C(OCCO)[C@H]2Cn2cncn2)cc1. The number of aliphatic hydroxyl groups excluding tert-OH is 1. The van der Waals surface area contributed by atoms with Crippen LogP contribution < -0.4 is 0 Å². The summed E-state index contributed by atoms with van der Waals surface area (Å²) in [4.78, 5) is 4.12. The van der Waals surface area contributed by atoms with Crippen LogP contribution in [0, 0.1) is 17.3 Å². The zero-order valence-electron chi connectivity index (χ0n) is 17.6. The summed E-state index contributed by atoms with van der Waals surface area (Å²) in [5.41, 5.74) is 2.90. The van der Waals surface area contributed by atoms with Crippen molar-refractivity contribution in [2.45, 2.75) is 65.5 Å². The van der Waals surface area contributed by atoms with Crippen LogP contribution in [0.15, 0.2) is 36.9 Å². The van der Waals surface area contributed by atoms with Gasteiger partial charge in [0.25, 0.3) is 0 Å². The Labute approximate surface area is 169 Å². The fourth-order valence-electron chi connectivity index (χ4n) is 4.71. The number of aromatic nitrogens is 3. The number of rotatable bonds is 9. The van der Waals surface area contributed by atoms with E-state index in [-0.39, 0.29) is 18.1 Å². The average molecular weight is 386 g/mol. The molecule has 1 aromatic carbocycles. The summed E-state index contributed by atoms with van der Waals surface area (Å²) in [6.07, 6.45) is 9.20. The topological polar surface area (TPSA) is 60.2 Å². The first-order valence-electron chi connectivity index (χ1n) is 10.7. The highest BCUT2D eigenvalue weighted by Crippen LogP contribution is 2.46. The molecule has 0 spiro atoms. The van der Waals surface area contributed by atoms with E-state index >= 15 is 0 Å². The van der Waals surface area contributed by atoms with Crippen LogP contribution in [0.3, 0.4) is 0 Å². The van der Waals surface area contributed by atoms with E-state index in [1.165, 1.54) is 17.5 Å². The van der Waals surface area contributed by atoms with Gasteiger partial charge in [-0.1, -0.05) is 45.0 Å². The number of aliphatic hydroxyl groups is 1. The van der Waals surface area contributed by atoms with E-state index in [2.05, 4.69) is 55.1 Å². The van der Waals surface area contributed by atoms with Gasteiger partial charge in [-0.3, -0.25) is 4.68 Å². The van der Waals surface area contributed by atoms with Crippen molar-refractivity contribution >= 4 is 0 Å². The second kappa shape index (κ2) is 9.66. The van der Waals surface area contributed by atoms with Gasteiger partial charge in [0.1, 0.15) is 12.7 Å². The lowest BCUT2D eigenvalue weighted by Gasteiger charge is -2.47. The Balaban J connectivity index is 1.74. The fraction of sp³-hybridized carbons (Fsp3) is 0.652. The molecule has 0 amide bonds. The van der Waals surface area contributed by atoms with E-state index in [4.69, 9.17) is 4.74 Å². The van der Waals surface area contributed by atoms with Crippen molar-refractivity contribution in [3.8, 4) is 0 Å². The van der Waals surface area contributed by atoms with Gasteiger partial charge in [-0.25, -0.2) is 4.98 Å². The smallest absolute Gasteiger partial charge is 0.137 e. The summed E-state index contributed by atoms with van der Waals surface area (Å²) < 4.78 is 8.14. The molecule has 3 rings (SSSR count). The summed E-state index contributed by atoms with van der Waals surface area (Å²) in [5, 5.41) is 13.7. The van der Waals surface area contributed by atoms with Crippen molar-refractivity contribution in [2.75, 3.05) is 13.2 Å². The summed E-state index contributed by atoms with van der Waals surface area (Å²) >= 11 is 0. The summed E-state index contributed by atoms with van der Waals surface area (Å²) in [6, 6.07) is 9.05. The number of nitrogens with zero attached hydrogens (tertiary/aromatic N) is 3. The van der Waals surface area contributed by atoms with Crippen LogP contribution in [0.5, 0.6) is 0 Å². The van der Waals surface area contributed by atoms with Gasteiger partial charge < -0.3 is 9.84 Å². The molecule has 1 heterocycles. The Hall–Kier alpha value is -1.72. The number of aryl methyl sites for hydroxylation is 2. The molecule has 1 aliphatic carbocycles. The van der Waals surface area contributed by atoms with E-state index in [0.29, 0.717) is 18.4 Å². The maximum atomic E-state index is 9.32. The third-order valence-electron chi connectivity index (χ3n) is 6.41. The van der Waals surface area contributed by atoms with Gasteiger partial charge in [0.05, 0.1) is 19.3 Å². The summed E-state index contributed by atoms with van der Waals surface area (Å²) in [7, 11) is 0. The lowest BCUT2D eigenvalue weighted by Crippen LogP contribution is -2.48. The first kappa shape index (κ1) is 21.0. The molecule has 3 atom stereocenters. The highest BCUT2D eigenvalue weighted by molar-refractivity contribution is 5.22. The van der Waals surface area contributed by atoms with Crippen LogP contribution in [0.2, 0.25) is 0 Å². The van der Waals surface area contributed by atoms with Crippen LogP contribution >= 0.6 is 0 Å². The van der Waals surface area contributed by atoms with Gasteiger partial charge >= 0.3 is 0 Å². The lowest BCUT2D eigenvalue weighted by molar-refractivity contribution is -0.118. The quantitative estimate of drug-likeness (QED) is 0.711. The Kier molecular flexibility index (Phi) is 7.24. The molecule has 1 aromatic heterocycles. The molecule has 5 nitrogen and oxygen atoms in total. The van der Waals surface area contributed by atoms with Gasteiger partial charge in [-0.05, 0) is 54.6 Å². The zero-order chi connectivity index (χ0) is 20.0. The molecule has 1 unspecified atom stereocenters. The molecule has 0 aliphatic heterocycles. The Bertz CT molecular complexity index is 697. The molecular weight excluding hydrogens is 350 g/mol. The molecule has 28 heavy (non-hydrogen) atoms. The van der Waals surface area contributed by atoms with Gasteiger partial charge in [-0.15, -0.1) is 0 Å². The summed E-state index contributed by atoms with van der Waals surface area (Å²) in [5.74, 6) is 0.943. The lowest BCUT2D eigenvalue weighted by atomic mass is 9.63. The molecule has 0 saturated heterocycles. The van der Waals surface area contributed by atoms with Gasteiger partial charge in [0.2, 0.25) is 0 Å². The van der Waals surface area contributed by atoms with Crippen molar-refractivity contribution in [3.05, 3.63) is 48.0 Å². The third-order valence-corrected chi connectivity index (χ3v) is 6.41. The molecule has 2 aromatic rings. The van der Waals surface area contributed by atoms with E-state index in [0.717, 1.165) is 32.2 Å². The Morgan fingerprint density at radius 2 is 1.96 bits per heavy atom. The number of benzene rings is 1. The minimum absolute atomic E-state index is 0.0665. The molecule has 5 heteroatoms. The van der Waals surface area contributed by atoms with Crippen molar-refractivity contribution < 1.29 is 9.84 Å². The van der Waals surface area contributed by atoms with Crippen LogP contribution in [0.1, 0.15) is 51.2 Å². The zero-order valence-corrected chi connectivity index (χ0v) is 17.6.